The Morgan fingerprint density at radius 1 is 1.24 bits per heavy atom. The van der Waals surface area contributed by atoms with Crippen molar-refractivity contribution >= 4 is 29.0 Å². The quantitative estimate of drug-likeness (QED) is 0.825. The fraction of sp³-hybridized carbons (Fsp3) is 0.235. The summed E-state index contributed by atoms with van der Waals surface area (Å²) in [5.41, 5.74) is 9.58. The smallest absolute Gasteiger partial charge is 0.237 e. The van der Waals surface area contributed by atoms with Crippen molar-refractivity contribution in [2.24, 2.45) is 0 Å². The van der Waals surface area contributed by atoms with Crippen LogP contribution in [0.5, 0.6) is 0 Å². The van der Waals surface area contributed by atoms with E-state index in [9.17, 15) is 4.79 Å². The van der Waals surface area contributed by atoms with Gasteiger partial charge in [-0.25, -0.2) is 0 Å². The lowest BCUT2D eigenvalue weighted by Gasteiger charge is -2.12. The number of amides is 1. The fourth-order valence-electron chi connectivity index (χ4n) is 1.91. The van der Waals surface area contributed by atoms with Crippen LogP contribution in [0.3, 0.4) is 0 Å². The van der Waals surface area contributed by atoms with Gasteiger partial charge in [-0.15, -0.1) is 11.8 Å². The minimum absolute atomic E-state index is 0.0115. The molecule has 0 aliphatic rings. The van der Waals surface area contributed by atoms with Gasteiger partial charge in [-0.3, -0.25) is 4.79 Å². The highest BCUT2D eigenvalue weighted by Gasteiger charge is 2.13. The molecule has 110 valence electrons. The van der Waals surface area contributed by atoms with Gasteiger partial charge in [0.2, 0.25) is 5.91 Å². The lowest BCUT2D eigenvalue weighted by atomic mass is 10.2. The summed E-state index contributed by atoms with van der Waals surface area (Å²) in [6.45, 7) is 4.00. The summed E-state index contributed by atoms with van der Waals surface area (Å²) >= 11 is 1.63. The van der Waals surface area contributed by atoms with E-state index in [0.29, 0.717) is 5.69 Å². The molecule has 2 rings (SSSR count). The number of nitrogens with two attached hydrogens (primary N) is 1. The maximum Gasteiger partial charge on any atom is 0.237 e. The Kier molecular flexibility index (Phi) is 5.28. The van der Waals surface area contributed by atoms with E-state index in [1.165, 1.54) is 11.1 Å². The minimum Gasteiger partial charge on any atom is -0.399 e. The number of hydrogen-bond donors (Lipinski definition) is 2. The standard InChI is InChI=1S/C17H20N2OS/c1-12-4-3-5-14(10-12)11-21-13(2)17(20)19-16-8-6-15(18)7-9-16/h3-10,13H,11,18H2,1-2H3,(H,19,20). The highest BCUT2D eigenvalue weighted by Crippen LogP contribution is 2.20. The molecule has 0 saturated carbocycles. The van der Waals surface area contributed by atoms with Crippen molar-refractivity contribution in [2.75, 3.05) is 11.1 Å². The normalized spacial score (nSPS) is 11.9. The van der Waals surface area contributed by atoms with Gasteiger partial charge in [-0.2, -0.15) is 0 Å². The molecule has 4 heteroatoms. The van der Waals surface area contributed by atoms with Gasteiger partial charge < -0.3 is 11.1 Å². The largest absolute Gasteiger partial charge is 0.399 e. The van der Waals surface area contributed by atoms with E-state index < -0.39 is 0 Å². The number of nitrogen functional groups attached to an aromatic ring is 1. The third-order valence-corrected chi connectivity index (χ3v) is 4.34. The molecule has 1 unspecified atom stereocenters. The molecule has 0 aliphatic heterocycles. The van der Waals surface area contributed by atoms with Gasteiger partial charge in [0.05, 0.1) is 5.25 Å². The van der Waals surface area contributed by atoms with E-state index in [-0.39, 0.29) is 11.2 Å². The van der Waals surface area contributed by atoms with Crippen LogP contribution in [-0.2, 0) is 10.5 Å². The zero-order valence-corrected chi connectivity index (χ0v) is 13.1. The number of carbonyl (C=O) groups is 1. The van der Waals surface area contributed by atoms with Crippen LogP contribution in [0.4, 0.5) is 11.4 Å². The van der Waals surface area contributed by atoms with Crippen LogP contribution in [0.15, 0.2) is 48.5 Å². The number of hydrogen-bond acceptors (Lipinski definition) is 3. The number of nitrogens with one attached hydrogen (secondary N) is 1. The summed E-state index contributed by atoms with van der Waals surface area (Å²) in [7, 11) is 0. The maximum absolute atomic E-state index is 12.1. The molecule has 0 fully saturated rings. The lowest BCUT2D eigenvalue weighted by molar-refractivity contribution is -0.115. The molecule has 3 N–H and O–H groups in total. The number of carbonyl (C=O) groups excluding carboxylic acids is 1. The highest BCUT2D eigenvalue weighted by molar-refractivity contribution is 7.99. The molecule has 0 bridgehead atoms. The first-order valence-corrected chi connectivity index (χ1v) is 7.93. The Bertz CT molecular complexity index is 610. The van der Waals surface area contributed by atoms with E-state index in [1.807, 2.05) is 25.1 Å². The van der Waals surface area contributed by atoms with Crippen molar-refractivity contribution in [3.63, 3.8) is 0 Å². The molecule has 0 aromatic heterocycles. The van der Waals surface area contributed by atoms with Crippen molar-refractivity contribution < 1.29 is 4.79 Å². The molecular formula is C17H20N2OS. The second-order valence-electron chi connectivity index (χ2n) is 5.05. The molecule has 0 heterocycles. The predicted octanol–water partition coefficient (Wildman–Crippen LogP) is 3.84. The van der Waals surface area contributed by atoms with Crippen LogP contribution in [0, 0.1) is 6.92 Å². The third-order valence-electron chi connectivity index (χ3n) is 3.13. The maximum atomic E-state index is 12.1. The van der Waals surface area contributed by atoms with E-state index >= 15 is 0 Å². The summed E-state index contributed by atoms with van der Waals surface area (Å²) in [5, 5.41) is 2.79. The van der Waals surface area contributed by atoms with Gasteiger partial charge in [-0.05, 0) is 43.7 Å². The summed E-state index contributed by atoms with van der Waals surface area (Å²) in [4.78, 5) is 12.1. The van der Waals surface area contributed by atoms with Crippen molar-refractivity contribution in [3.8, 4) is 0 Å². The molecular weight excluding hydrogens is 280 g/mol. The van der Waals surface area contributed by atoms with Crippen LogP contribution in [0.1, 0.15) is 18.1 Å². The van der Waals surface area contributed by atoms with Crippen LogP contribution >= 0.6 is 11.8 Å². The molecule has 2 aromatic carbocycles. The van der Waals surface area contributed by atoms with Crippen LogP contribution < -0.4 is 11.1 Å². The van der Waals surface area contributed by atoms with E-state index in [2.05, 4.69) is 30.4 Å². The summed E-state index contributed by atoms with van der Waals surface area (Å²) < 4.78 is 0. The molecule has 2 aromatic rings. The average Bonchev–Trinajstić information content (AvgIpc) is 2.47. The van der Waals surface area contributed by atoms with Crippen molar-refractivity contribution in [1.82, 2.24) is 0 Å². The van der Waals surface area contributed by atoms with E-state index in [4.69, 9.17) is 5.73 Å². The van der Waals surface area contributed by atoms with Crippen molar-refractivity contribution in [1.29, 1.82) is 0 Å². The van der Waals surface area contributed by atoms with Gasteiger partial charge in [-0.1, -0.05) is 29.8 Å². The minimum atomic E-state index is -0.108. The fourth-order valence-corrected chi connectivity index (χ4v) is 2.74. The number of rotatable bonds is 5. The van der Waals surface area contributed by atoms with Crippen LogP contribution in [0.25, 0.3) is 0 Å². The lowest BCUT2D eigenvalue weighted by Crippen LogP contribution is -2.22. The van der Waals surface area contributed by atoms with Gasteiger partial charge >= 0.3 is 0 Å². The van der Waals surface area contributed by atoms with Crippen LogP contribution in [0.2, 0.25) is 0 Å². The van der Waals surface area contributed by atoms with Gasteiger partial charge in [0.15, 0.2) is 0 Å². The van der Waals surface area contributed by atoms with Crippen molar-refractivity contribution in [2.45, 2.75) is 24.9 Å². The molecule has 1 amide bonds. The SMILES string of the molecule is Cc1cccc(CSC(C)C(=O)Nc2ccc(N)cc2)c1. The number of benzene rings is 2. The Balaban J connectivity index is 1.86. The molecule has 3 nitrogen and oxygen atoms in total. The monoisotopic (exact) mass is 300 g/mol. The van der Waals surface area contributed by atoms with Gasteiger partial charge in [0, 0.05) is 17.1 Å². The molecule has 1 atom stereocenters. The van der Waals surface area contributed by atoms with Gasteiger partial charge in [0.25, 0.3) is 0 Å². The summed E-state index contributed by atoms with van der Waals surface area (Å²) in [5.74, 6) is 0.843. The van der Waals surface area contributed by atoms with Gasteiger partial charge in [0.1, 0.15) is 0 Å². The Morgan fingerprint density at radius 3 is 2.62 bits per heavy atom. The summed E-state index contributed by atoms with van der Waals surface area (Å²) in [6.07, 6.45) is 0. The first-order valence-electron chi connectivity index (χ1n) is 6.88. The van der Waals surface area contributed by atoms with E-state index in [0.717, 1.165) is 11.4 Å². The third kappa shape index (κ3) is 4.83. The first-order chi connectivity index (χ1) is 10.0. The molecule has 0 spiro atoms. The number of aryl methyl sites for hydroxylation is 1. The van der Waals surface area contributed by atoms with Crippen LogP contribution in [-0.4, -0.2) is 11.2 Å². The first kappa shape index (κ1) is 15.4. The van der Waals surface area contributed by atoms with E-state index in [1.54, 1.807) is 23.9 Å². The highest BCUT2D eigenvalue weighted by atomic mass is 32.2. The number of thioether (sulfide) groups is 1. The number of anilines is 2. The second kappa shape index (κ2) is 7.18. The summed E-state index contributed by atoms with van der Waals surface area (Å²) in [6, 6.07) is 15.5. The Labute approximate surface area is 129 Å². The average molecular weight is 300 g/mol. The topological polar surface area (TPSA) is 55.1 Å². The molecule has 0 saturated heterocycles. The zero-order chi connectivity index (χ0) is 15.2. The Morgan fingerprint density at radius 2 is 1.95 bits per heavy atom. The Hall–Kier alpha value is -1.94. The second-order valence-corrected chi connectivity index (χ2v) is 6.38. The molecule has 0 aliphatic carbocycles. The molecule has 0 radical (unpaired) electrons. The van der Waals surface area contributed by atoms with Crippen molar-refractivity contribution in [3.05, 3.63) is 59.7 Å². The predicted molar refractivity (Wildman–Crippen MR) is 91.4 cm³/mol. The zero-order valence-electron chi connectivity index (χ0n) is 12.3. The molecule has 21 heavy (non-hydrogen) atoms.